The lowest BCUT2D eigenvalue weighted by atomic mass is 10.2. The molecule has 2 aromatic heterocycles. The molecule has 1 saturated heterocycles. The average Bonchev–Trinajstić information content (AvgIpc) is 2.92. The van der Waals surface area contributed by atoms with E-state index in [0.29, 0.717) is 37.7 Å². The van der Waals surface area contributed by atoms with E-state index in [0.717, 1.165) is 18.0 Å². The summed E-state index contributed by atoms with van der Waals surface area (Å²) in [6.45, 7) is 3.51. The molecule has 0 saturated carbocycles. The van der Waals surface area contributed by atoms with Crippen LogP contribution in [-0.2, 0) is 13.2 Å². The minimum absolute atomic E-state index is 0.0538. The molecule has 0 aromatic carbocycles. The first-order valence-corrected chi connectivity index (χ1v) is 8.32. The molecule has 1 aliphatic rings. The van der Waals surface area contributed by atoms with Gasteiger partial charge in [-0.15, -0.1) is 0 Å². The Bertz CT molecular complexity index is 828. The first-order valence-electron chi connectivity index (χ1n) is 7.94. The van der Waals surface area contributed by atoms with Crippen LogP contribution in [0.3, 0.4) is 0 Å². The van der Waals surface area contributed by atoms with Gasteiger partial charge in [-0.3, -0.25) is 9.48 Å². The minimum atomic E-state index is -4.48. The van der Waals surface area contributed by atoms with Gasteiger partial charge in [0.15, 0.2) is 0 Å². The van der Waals surface area contributed by atoms with Gasteiger partial charge in [-0.05, 0) is 19.1 Å². The van der Waals surface area contributed by atoms with Gasteiger partial charge >= 0.3 is 6.18 Å². The molecule has 6 nitrogen and oxygen atoms in total. The highest BCUT2D eigenvalue weighted by atomic mass is 35.5. The van der Waals surface area contributed by atoms with Crippen LogP contribution in [0.2, 0.25) is 5.02 Å². The Balaban J connectivity index is 1.69. The molecule has 140 valence electrons. The molecule has 26 heavy (non-hydrogen) atoms. The number of halogens is 4. The number of rotatable bonds is 2. The maximum absolute atomic E-state index is 12.7. The molecule has 3 rings (SSSR count). The topological polar surface area (TPSA) is 54.3 Å². The summed E-state index contributed by atoms with van der Waals surface area (Å²) in [6, 6.07) is 2.60. The number of hydrogen-bond donors (Lipinski definition) is 0. The quantitative estimate of drug-likeness (QED) is 0.795. The van der Waals surface area contributed by atoms with E-state index >= 15 is 0 Å². The highest BCUT2D eigenvalue weighted by Crippen LogP contribution is 2.33. The molecule has 0 aliphatic carbocycles. The van der Waals surface area contributed by atoms with Crippen molar-refractivity contribution in [2.75, 3.05) is 31.1 Å². The van der Waals surface area contributed by atoms with Crippen LogP contribution in [0.25, 0.3) is 0 Å². The second kappa shape index (κ2) is 6.79. The molecule has 0 N–H and O–H groups in total. The fraction of sp³-hybridized carbons (Fsp3) is 0.438. The van der Waals surface area contributed by atoms with Gasteiger partial charge in [-0.25, -0.2) is 4.98 Å². The Morgan fingerprint density at radius 2 is 1.85 bits per heavy atom. The number of piperazine rings is 1. The monoisotopic (exact) mass is 387 g/mol. The molecule has 1 aliphatic heterocycles. The smallest absolute Gasteiger partial charge is 0.352 e. The minimum Gasteiger partial charge on any atom is -0.352 e. The van der Waals surface area contributed by atoms with Gasteiger partial charge in [0.2, 0.25) is 0 Å². The van der Waals surface area contributed by atoms with E-state index < -0.39 is 11.7 Å². The zero-order valence-corrected chi connectivity index (χ0v) is 15.0. The van der Waals surface area contributed by atoms with Gasteiger partial charge < -0.3 is 9.80 Å². The Labute approximate surface area is 153 Å². The number of aryl methyl sites for hydroxylation is 2. The van der Waals surface area contributed by atoms with Crippen molar-refractivity contribution < 1.29 is 18.0 Å². The Kier molecular flexibility index (Phi) is 4.83. The van der Waals surface area contributed by atoms with Crippen LogP contribution in [0.4, 0.5) is 19.0 Å². The van der Waals surface area contributed by atoms with Gasteiger partial charge in [0.05, 0.1) is 16.3 Å². The summed E-state index contributed by atoms with van der Waals surface area (Å²) in [5.41, 5.74) is 0.378. The summed E-state index contributed by atoms with van der Waals surface area (Å²) < 4.78 is 39.7. The lowest BCUT2D eigenvalue weighted by Crippen LogP contribution is -2.49. The molecule has 0 spiro atoms. The van der Waals surface area contributed by atoms with E-state index in [9.17, 15) is 18.0 Å². The number of hydrogen-bond acceptors (Lipinski definition) is 4. The maximum Gasteiger partial charge on any atom is 0.417 e. The summed E-state index contributed by atoms with van der Waals surface area (Å²) in [4.78, 5) is 19.9. The number of pyridine rings is 1. The summed E-state index contributed by atoms with van der Waals surface area (Å²) in [7, 11) is 1.71. The maximum atomic E-state index is 12.7. The molecule has 2 aromatic rings. The molecule has 3 heterocycles. The van der Waals surface area contributed by atoms with E-state index in [2.05, 4.69) is 10.1 Å². The van der Waals surface area contributed by atoms with Crippen molar-refractivity contribution in [1.82, 2.24) is 19.7 Å². The fourth-order valence-corrected chi connectivity index (χ4v) is 3.20. The zero-order valence-electron chi connectivity index (χ0n) is 14.2. The van der Waals surface area contributed by atoms with Gasteiger partial charge in [0.25, 0.3) is 5.91 Å². The van der Waals surface area contributed by atoms with Crippen molar-refractivity contribution in [3.8, 4) is 0 Å². The summed E-state index contributed by atoms with van der Waals surface area (Å²) in [5.74, 6) is 0.169. The molecule has 1 amide bonds. The van der Waals surface area contributed by atoms with Crippen LogP contribution >= 0.6 is 11.6 Å². The zero-order chi connectivity index (χ0) is 19.1. The number of nitrogens with zero attached hydrogens (tertiary/aromatic N) is 5. The first-order chi connectivity index (χ1) is 12.2. The highest BCUT2D eigenvalue weighted by Gasteiger charge is 2.32. The number of carbonyl (C=O) groups is 1. The van der Waals surface area contributed by atoms with Gasteiger partial charge in [-0.1, -0.05) is 11.6 Å². The molecule has 0 bridgehead atoms. The van der Waals surface area contributed by atoms with Crippen molar-refractivity contribution in [2.45, 2.75) is 13.1 Å². The predicted molar refractivity (Wildman–Crippen MR) is 90.3 cm³/mol. The average molecular weight is 388 g/mol. The van der Waals surface area contributed by atoms with E-state index in [1.807, 2.05) is 6.92 Å². The number of carbonyl (C=O) groups excluding carboxylic acids is 1. The van der Waals surface area contributed by atoms with Crippen LogP contribution in [0.5, 0.6) is 0 Å². The molecule has 10 heteroatoms. The van der Waals surface area contributed by atoms with Crippen LogP contribution in [0.15, 0.2) is 18.3 Å². The lowest BCUT2D eigenvalue weighted by molar-refractivity contribution is -0.137. The Morgan fingerprint density at radius 3 is 2.35 bits per heavy atom. The normalized spacial score (nSPS) is 15.5. The number of anilines is 1. The van der Waals surface area contributed by atoms with E-state index in [1.165, 1.54) is 0 Å². The molecule has 1 fully saturated rings. The molecule has 0 atom stereocenters. The molecular formula is C16H17ClF3N5O. The van der Waals surface area contributed by atoms with Crippen molar-refractivity contribution >= 4 is 23.3 Å². The summed E-state index contributed by atoms with van der Waals surface area (Å²) in [5, 5.41) is 4.11. The highest BCUT2D eigenvalue weighted by molar-refractivity contribution is 6.33. The standard InChI is InChI=1S/C16H17ClF3N5O/c1-10-7-13(23(2)22-10)15(26)25-5-3-24(4-6-25)14-12(17)8-11(9-21-14)16(18,19)20/h7-9H,3-6H2,1-2H3. The van der Waals surface area contributed by atoms with Crippen molar-refractivity contribution in [3.63, 3.8) is 0 Å². The first kappa shape index (κ1) is 18.5. The SMILES string of the molecule is Cc1cc(C(=O)N2CCN(c3ncc(C(F)(F)F)cc3Cl)CC2)n(C)n1. The van der Waals surface area contributed by atoms with Crippen LogP contribution in [0.1, 0.15) is 21.7 Å². The Hall–Kier alpha value is -2.29. The van der Waals surface area contributed by atoms with Gasteiger partial charge in [0.1, 0.15) is 11.5 Å². The van der Waals surface area contributed by atoms with Crippen LogP contribution in [0, 0.1) is 6.92 Å². The van der Waals surface area contributed by atoms with Crippen molar-refractivity contribution in [2.24, 2.45) is 7.05 Å². The van der Waals surface area contributed by atoms with Crippen molar-refractivity contribution in [3.05, 3.63) is 40.3 Å². The predicted octanol–water partition coefficient (Wildman–Crippen LogP) is 2.76. The Morgan fingerprint density at radius 1 is 1.19 bits per heavy atom. The third kappa shape index (κ3) is 3.62. The number of alkyl halides is 3. The van der Waals surface area contributed by atoms with E-state index in [4.69, 9.17) is 11.6 Å². The third-order valence-electron chi connectivity index (χ3n) is 4.24. The van der Waals surface area contributed by atoms with E-state index in [1.54, 1.807) is 27.6 Å². The van der Waals surface area contributed by atoms with Gasteiger partial charge in [-0.2, -0.15) is 18.3 Å². The molecule has 0 unspecified atom stereocenters. The van der Waals surface area contributed by atoms with Crippen molar-refractivity contribution in [1.29, 1.82) is 0 Å². The number of amides is 1. The summed E-state index contributed by atoms with van der Waals surface area (Å²) >= 11 is 5.99. The second-order valence-corrected chi connectivity index (χ2v) is 6.51. The van der Waals surface area contributed by atoms with E-state index in [-0.39, 0.29) is 10.9 Å². The molecular weight excluding hydrogens is 371 g/mol. The number of aromatic nitrogens is 3. The second-order valence-electron chi connectivity index (χ2n) is 6.10. The van der Waals surface area contributed by atoms with Crippen LogP contribution < -0.4 is 4.90 Å². The largest absolute Gasteiger partial charge is 0.417 e. The summed E-state index contributed by atoms with van der Waals surface area (Å²) in [6.07, 6.45) is -3.71. The fourth-order valence-electron chi connectivity index (χ4n) is 2.91. The lowest BCUT2D eigenvalue weighted by Gasteiger charge is -2.35. The molecule has 0 radical (unpaired) electrons. The van der Waals surface area contributed by atoms with Crippen LogP contribution in [-0.4, -0.2) is 51.8 Å². The van der Waals surface area contributed by atoms with Gasteiger partial charge in [0, 0.05) is 39.4 Å². The third-order valence-corrected chi connectivity index (χ3v) is 4.51.